The molecule has 0 saturated carbocycles. The van der Waals surface area contributed by atoms with Crippen LogP contribution in [0.2, 0.25) is 5.02 Å². The first-order valence-corrected chi connectivity index (χ1v) is 9.96. The van der Waals surface area contributed by atoms with Gasteiger partial charge in [-0.25, -0.2) is 4.79 Å². The second-order valence-electron chi connectivity index (χ2n) is 8.05. The number of aromatic nitrogens is 1. The molecule has 8 heteroatoms. The van der Waals surface area contributed by atoms with Crippen LogP contribution < -0.4 is 0 Å². The zero-order valence-corrected chi connectivity index (χ0v) is 18.0. The first kappa shape index (κ1) is 21.6. The molecule has 1 aliphatic rings. The second-order valence-corrected chi connectivity index (χ2v) is 8.46. The molecule has 1 aliphatic heterocycles. The Kier molecular flexibility index (Phi) is 6.82. The summed E-state index contributed by atoms with van der Waals surface area (Å²) in [7, 11) is 1.60. The van der Waals surface area contributed by atoms with E-state index in [0.29, 0.717) is 49.2 Å². The lowest BCUT2D eigenvalue weighted by molar-refractivity contribution is -0.0415. The summed E-state index contributed by atoms with van der Waals surface area (Å²) in [5.41, 5.74) is 1.98. The molecule has 1 saturated heterocycles. The summed E-state index contributed by atoms with van der Waals surface area (Å²) in [5, 5.41) is 4.53. The third kappa shape index (κ3) is 5.95. The molecule has 1 fully saturated rings. The summed E-state index contributed by atoms with van der Waals surface area (Å²) in [6, 6.07) is 7.59. The number of carbonyl (C=O) groups excluding carboxylic acids is 1. The van der Waals surface area contributed by atoms with Crippen molar-refractivity contribution in [3.63, 3.8) is 0 Å². The van der Waals surface area contributed by atoms with Crippen molar-refractivity contribution in [2.24, 2.45) is 0 Å². The molecule has 3 rings (SSSR count). The molecule has 158 valence electrons. The van der Waals surface area contributed by atoms with Crippen molar-refractivity contribution in [1.82, 2.24) is 10.1 Å². The van der Waals surface area contributed by atoms with Crippen molar-refractivity contribution in [2.75, 3.05) is 26.8 Å². The first-order valence-electron chi connectivity index (χ1n) is 9.58. The monoisotopic (exact) mass is 422 g/mol. The molecule has 0 radical (unpaired) electrons. The van der Waals surface area contributed by atoms with Crippen LogP contribution in [0.3, 0.4) is 0 Å². The van der Waals surface area contributed by atoms with E-state index < -0.39 is 5.60 Å². The summed E-state index contributed by atoms with van der Waals surface area (Å²) in [4.78, 5) is 14.0. The predicted molar refractivity (Wildman–Crippen MR) is 109 cm³/mol. The van der Waals surface area contributed by atoms with Gasteiger partial charge < -0.3 is 23.6 Å². The van der Waals surface area contributed by atoms with E-state index in [1.165, 1.54) is 0 Å². The molecule has 1 amide bonds. The molecule has 1 aromatic carbocycles. The maximum atomic E-state index is 12.3. The summed E-state index contributed by atoms with van der Waals surface area (Å²) >= 11 is 6.48. The van der Waals surface area contributed by atoms with Gasteiger partial charge in [-0.15, -0.1) is 0 Å². The summed E-state index contributed by atoms with van der Waals surface area (Å²) in [5.74, 6) is 0.596. The highest BCUT2D eigenvalue weighted by Crippen LogP contribution is 2.30. The fraction of sp³-hybridized carbons (Fsp3) is 0.524. The van der Waals surface area contributed by atoms with Crippen LogP contribution in [0.1, 0.15) is 32.0 Å². The molecular weight excluding hydrogens is 396 g/mol. The van der Waals surface area contributed by atoms with E-state index in [1.54, 1.807) is 12.0 Å². The Balaban J connectivity index is 1.64. The number of hydrogen-bond donors (Lipinski definition) is 0. The number of hydrogen-bond acceptors (Lipinski definition) is 6. The molecule has 1 aromatic heterocycles. The van der Waals surface area contributed by atoms with E-state index in [0.717, 1.165) is 11.1 Å². The highest BCUT2D eigenvalue weighted by molar-refractivity contribution is 6.33. The Morgan fingerprint density at radius 1 is 1.34 bits per heavy atom. The zero-order chi connectivity index (χ0) is 21.0. The maximum Gasteiger partial charge on any atom is 0.410 e. The van der Waals surface area contributed by atoms with Crippen LogP contribution in [-0.4, -0.2) is 54.7 Å². The van der Waals surface area contributed by atoms with Crippen molar-refractivity contribution in [1.29, 1.82) is 0 Å². The van der Waals surface area contributed by atoms with Crippen molar-refractivity contribution in [3.05, 3.63) is 40.5 Å². The lowest BCUT2D eigenvalue weighted by Gasteiger charge is -2.34. The van der Waals surface area contributed by atoms with Gasteiger partial charge in [0.15, 0.2) is 5.76 Å². The number of benzene rings is 1. The molecule has 2 aromatic rings. The van der Waals surface area contributed by atoms with Crippen molar-refractivity contribution >= 4 is 17.7 Å². The standard InChI is InChI=1S/C21H27ClN2O5/c1-21(2,3)28-20(25)24-7-8-27-16(12-24)9-14-5-6-17(18(22)10-14)19-11-15(13-26-4)23-29-19/h5-6,10-11,16H,7-9,12-13H2,1-4H3. The van der Waals surface area contributed by atoms with Crippen LogP contribution >= 0.6 is 11.6 Å². The number of rotatable bonds is 5. The van der Waals surface area contributed by atoms with E-state index in [4.69, 9.17) is 30.3 Å². The third-order valence-corrected chi connectivity index (χ3v) is 4.72. The number of methoxy groups -OCH3 is 1. The van der Waals surface area contributed by atoms with Crippen LogP contribution in [0, 0.1) is 0 Å². The minimum Gasteiger partial charge on any atom is -0.444 e. The average molecular weight is 423 g/mol. The van der Waals surface area contributed by atoms with Crippen LogP contribution in [0.25, 0.3) is 11.3 Å². The Morgan fingerprint density at radius 3 is 2.83 bits per heavy atom. The second kappa shape index (κ2) is 9.15. The SMILES string of the molecule is COCc1cc(-c2ccc(CC3CN(C(=O)OC(C)(C)C)CCO3)cc2Cl)on1. The minimum absolute atomic E-state index is 0.114. The molecule has 0 spiro atoms. The van der Waals surface area contributed by atoms with Gasteiger partial charge in [-0.2, -0.15) is 0 Å². The van der Waals surface area contributed by atoms with Crippen molar-refractivity contribution in [2.45, 2.75) is 45.5 Å². The molecular formula is C21H27ClN2O5. The van der Waals surface area contributed by atoms with Gasteiger partial charge >= 0.3 is 6.09 Å². The summed E-state index contributed by atoms with van der Waals surface area (Å²) < 4.78 is 21.7. The Morgan fingerprint density at radius 2 is 2.14 bits per heavy atom. The molecule has 2 heterocycles. The number of carbonyl (C=O) groups is 1. The smallest absolute Gasteiger partial charge is 0.410 e. The maximum absolute atomic E-state index is 12.3. The van der Waals surface area contributed by atoms with Crippen molar-refractivity contribution in [3.8, 4) is 11.3 Å². The molecule has 29 heavy (non-hydrogen) atoms. The van der Waals surface area contributed by atoms with Crippen LogP contribution in [0.4, 0.5) is 4.79 Å². The lowest BCUT2D eigenvalue weighted by atomic mass is 10.0. The third-order valence-electron chi connectivity index (χ3n) is 4.40. The normalized spacial score (nSPS) is 17.4. The fourth-order valence-electron chi connectivity index (χ4n) is 3.14. The number of nitrogens with zero attached hydrogens (tertiary/aromatic N) is 2. The van der Waals surface area contributed by atoms with Gasteiger partial charge in [0.1, 0.15) is 11.3 Å². The average Bonchev–Trinajstić information content (AvgIpc) is 3.09. The number of ether oxygens (including phenoxy) is 3. The minimum atomic E-state index is -0.516. The number of halogens is 1. The molecule has 0 bridgehead atoms. The molecule has 0 aliphatic carbocycles. The molecule has 7 nitrogen and oxygen atoms in total. The summed E-state index contributed by atoms with van der Waals surface area (Å²) in [6.07, 6.45) is 0.220. The lowest BCUT2D eigenvalue weighted by Crippen LogP contribution is -2.48. The largest absolute Gasteiger partial charge is 0.444 e. The highest BCUT2D eigenvalue weighted by atomic mass is 35.5. The van der Waals surface area contributed by atoms with Crippen LogP contribution in [0.5, 0.6) is 0 Å². The Bertz CT molecular complexity index is 846. The van der Waals surface area contributed by atoms with Gasteiger partial charge in [0.25, 0.3) is 0 Å². The van der Waals surface area contributed by atoms with Gasteiger partial charge in [0, 0.05) is 31.7 Å². The number of amides is 1. The van der Waals surface area contributed by atoms with E-state index in [1.807, 2.05) is 45.0 Å². The van der Waals surface area contributed by atoms with Crippen LogP contribution in [-0.2, 0) is 27.2 Å². The van der Waals surface area contributed by atoms with E-state index in [9.17, 15) is 4.79 Å². The van der Waals surface area contributed by atoms with E-state index >= 15 is 0 Å². The Hall–Kier alpha value is -2.09. The predicted octanol–water partition coefficient (Wildman–Crippen LogP) is 4.32. The van der Waals surface area contributed by atoms with Gasteiger partial charge in [-0.05, 0) is 38.5 Å². The van der Waals surface area contributed by atoms with Crippen molar-refractivity contribution < 1.29 is 23.5 Å². The van der Waals surface area contributed by atoms with Gasteiger partial charge in [0.05, 0.1) is 30.9 Å². The zero-order valence-electron chi connectivity index (χ0n) is 17.2. The number of morpholine rings is 1. The quantitative estimate of drug-likeness (QED) is 0.714. The molecule has 1 unspecified atom stereocenters. The van der Waals surface area contributed by atoms with E-state index in [2.05, 4.69) is 5.16 Å². The first-order chi connectivity index (χ1) is 13.7. The van der Waals surface area contributed by atoms with Gasteiger partial charge in [-0.3, -0.25) is 0 Å². The molecule has 1 atom stereocenters. The Labute approximate surface area is 175 Å². The van der Waals surface area contributed by atoms with Gasteiger partial charge in [0.2, 0.25) is 0 Å². The van der Waals surface area contributed by atoms with E-state index in [-0.39, 0.29) is 12.2 Å². The fourth-order valence-corrected chi connectivity index (χ4v) is 3.43. The highest BCUT2D eigenvalue weighted by Gasteiger charge is 2.28. The topological polar surface area (TPSA) is 74.0 Å². The summed E-state index contributed by atoms with van der Waals surface area (Å²) in [6.45, 7) is 7.46. The van der Waals surface area contributed by atoms with Crippen LogP contribution in [0.15, 0.2) is 28.8 Å². The molecule has 0 N–H and O–H groups in total. The van der Waals surface area contributed by atoms with Gasteiger partial charge in [-0.1, -0.05) is 22.8 Å².